The maximum Gasteiger partial charge on any atom is 0.435 e. The van der Waals surface area contributed by atoms with E-state index in [9.17, 15) is 9.36 Å². The zero-order chi connectivity index (χ0) is 11.1. The van der Waals surface area contributed by atoms with Gasteiger partial charge in [-0.05, 0) is 0 Å². The van der Waals surface area contributed by atoms with E-state index in [1.54, 1.807) is 0 Å². The predicted octanol–water partition coefficient (Wildman–Crippen LogP) is -1.88. The topological polar surface area (TPSA) is 127 Å². The highest BCUT2D eigenvalue weighted by molar-refractivity contribution is 7.42. The lowest BCUT2D eigenvalue weighted by atomic mass is 10.3. The van der Waals surface area contributed by atoms with Crippen LogP contribution >= 0.6 is 7.95 Å². The summed E-state index contributed by atoms with van der Waals surface area (Å²) in [7, 11) is -2.15. The van der Waals surface area contributed by atoms with Crippen molar-refractivity contribution in [2.75, 3.05) is 19.4 Å². The number of hydrogen-bond acceptors (Lipinski definition) is 5. The SMILES string of the molecule is O=C(O)[C@H](CO)N[P+](=O)CC(O)CO. The van der Waals surface area contributed by atoms with E-state index in [0.717, 1.165) is 0 Å². The maximum absolute atomic E-state index is 11.1. The van der Waals surface area contributed by atoms with Gasteiger partial charge in [-0.2, -0.15) is 0 Å². The molecule has 0 heterocycles. The second kappa shape index (κ2) is 6.80. The van der Waals surface area contributed by atoms with E-state index >= 15 is 0 Å². The van der Waals surface area contributed by atoms with Crippen LogP contribution in [0.2, 0.25) is 0 Å². The minimum absolute atomic E-state index is 0.254. The van der Waals surface area contributed by atoms with Crippen LogP contribution in [0.25, 0.3) is 0 Å². The van der Waals surface area contributed by atoms with Gasteiger partial charge in [0.2, 0.25) is 0 Å². The Morgan fingerprint density at radius 3 is 2.29 bits per heavy atom. The molecule has 0 aromatic carbocycles. The summed E-state index contributed by atoms with van der Waals surface area (Å²) in [6.07, 6.45) is -1.41. The standard InChI is InChI=1S/C6H12NO6P/c8-1-4(10)3-14(13)7-5(2-9)6(11)12/h4-5,8-10H,1-3H2,(H-,7,11,12,13)/p+1/t4?,5-/m0/s1. The largest absolute Gasteiger partial charge is 0.480 e. The minimum atomic E-state index is -2.15. The van der Waals surface area contributed by atoms with Gasteiger partial charge in [0.1, 0.15) is 6.10 Å². The molecule has 0 aliphatic heterocycles. The first-order valence-corrected chi connectivity index (χ1v) is 5.29. The van der Waals surface area contributed by atoms with E-state index < -0.39 is 39.3 Å². The third-order valence-corrected chi connectivity index (χ3v) is 2.72. The maximum atomic E-state index is 11.1. The Morgan fingerprint density at radius 2 is 1.93 bits per heavy atom. The van der Waals surface area contributed by atoms with Crippen LogP contribution < -0.4 is 5.09 Å². The summed E-state index contributed by atoms with van der Waals surface area (Å²) in [5.74, 6) is -1.32. The third kappa shape index (κ3) is 5.21. The number of hydrogen-bond donors (Lipinski definition) is 5. The van der Waals surface area contributed by atoms with Crippen LogP contribution in [0.5, 0.6) is 0 Å². The first-order valence-electron chi connectivity index (χ1n) is 3.84. The minimum Gasteiger partial charge on any atom is -0.480 e. The van der Waals surface area contributed by atoms with Crippen LogP contribution in [0, 0.1) is 0 Å². The molecule has 0 rings (SSSR count). The van der Waals surface area contributed by atoms with Crippen molar-refractivity contribution in [1.29, 1.82) is 0 Å². The Bertz CT molecular complexity index is 210. The van der Waals surface area contributed by atoms with Crippen molar-refractivity contribution in [3.05, 3.63) is 0 Å². The molecule has 0 amide bonds. The van der Waals surface area contributed by atoms with Crippen molar-refractivity contribution >= 4 is 13.9 Å². The molecule has 0 bridgehead atoms. The summed E-state index contributed by atoms with van der Waals surface area (Å²) in [6.45, 7) is -1.23. The molecule has 0 aliphatic carbocycles. The first-order chi connectivity index (χ1) is 6.51. The third-order valence-electron chi connectivity index (χ3n) is 1.37. The summed E-state index contributed by atoms with van der Waals surface area (Å²) < 4.78 is 11.1. The fraction of sp³-hybridized carbons (Fsp3) is 0.833. The zero-order valence-corrected chi connectivity index (χ0v) is 8.22. The highest BCUT2D eigenvalue weighted by atomic mass is 31.1. The van der Waals surface area contributed by atoms with Crippen molar-refractivity contribution in [3.63, 3.8) is 0 Å². The number of aliphatic hydroxyl groups is 3. The number of carbonyl (C=O) groups is 1. The lowest BCUT2D eigenvalue weighted by Gasteiger charge is -2.04. The van der Waals surface area contributed by atoms with Crippen molar-refractivity contribution in [1.82, 2.24) is 5.09 Å². The van der Waals surface area contributed by atoms with Crippen LogP contribution in [0.4, 0.5) is 0 Å². The quantitative estimate of drug-likeness (QED) is 0.321. The van der Waals surface area contributed by atoms with Crippen LogP contribution in [-0.2, 0) is 9.36 Å². The molecule has 82 valence electrons. The van der Waals surface area contributed by atoms with E-state index in [1.807, 2.05) is 0 Å². The molecule has 8 heteroatoms. The van der Waals surface area contributed by atoms with Gasteiger partial charge in [-0.1, -0.05) is 9.65 Å². The van der Waals surface area contributed by atoms with Gasteiger partial charge in [0.05, 0.1) is 13.2 Å². The zero-order valence-electron chi connectivity index (χ0n) is 7.33. The summed E-state index contributed by atoms with van der Waals surface area (Å²) in [4.78, 5) is 10.4. The molecule has 0 aliphatic rings. The number of rotatable bonds is 7. The normalized spacial score (nSPS) is 16.1. The number of aliphatic hydroxyl groups excluding tert-OH is 3. The Balaban J connectivity index is 3.97. The van der Waals surface area contributed by atoms with Gasteiger partial charge in [-0.15, -0.1) is 0 Å². The number of nitrogens with one attached hydrogen (secondary N) is 1. The molecule has 2 unspecified atom stereocenters. The molecule has 0 aromatic heterocycles. The number of carboxylic acids is 1. The van der Waals surface area contributed by atoms with Crippen LogP contribution in [-0.4, -0.2) is 57.9 Å². The summed E-state index contributed by atoms with van der Waals surface area (Å²) >= 11 is 0. The van der Waals surface area contributed by atoms with Gasteiger partial charge in [0, 0.05) is 0 Å². The van der Waals surface area contributed by atoms with Crippen molar-refractivity contribution in [3.8, 4) is 0 Å². The van der Waals surface area contributed by atoms with E-state index in [-0.39, 0.29) is 6.16 Å². The van der Waals surface area contributed by atoms with E-state index in [2.05, 4.69) is 5.09 Å². The molecule has 0 radical (unpaired) electrons. The van der Waals surface area contributed by atoms with E-state index in [0.29, 0.717) is 0 Å². The molecule has 3 atom stereocenters. The molecule has 0 spiro atoms. The van der Waals surface area contributed by atoms with Gasteiger partial charge >= 0.3 is 13.9 Å². The molecule has 5 N–H and O–H groups in total. The number of carboxylic acid groups (broad SMARTS) is 1. The Morgan fingerprint density at radius 1 is 1.36 bits per heavy atom. The molecule has 0 aromatic rings. The molecule has 0 fully saturated rings. The van der Waals surface area contributed by atoms with Crippen molar-refractivity contribution in [2.45, 2.75) is 12.1 Å². The van der Waals surface area contributed by atoms with Crippen LogP contribution in [0.3, 0.4) is 0 Å². The van der Waals surface area contributed by atoms with Gasteiger partial charge in [0.15, 0.2) is 12.2 Å². The van der Waals surface area contributed by atoms with Gasteiger partial charge in [-0.25, -0.2) is 0 Å². The Kier molecular flexibility index (Phi) is 6.52. The average Bonchev–Trinajstić information content (AvgIpc) is 2.13. The van der Waals surface area contributed by atoms with Crippen LogP contribution in [0.15, 0.2) is 0 Å². The molecule has 0 saturated carbocycles. The first kappa shape index (κ1) is 13.4. The highest BCUT2D eigenvalue weighted by Gasteiger charge is 2.29. The van der Waals surface area contributed by atoms with Gasteiger partial charge in [-0.3, -0.25) is 4.79 Å². The summed E-state index contributed by atoms with van der Waals surface area (Å²) in [5, 5.41) is 36.4. The fourth-order valence-electron chi connectivity index (χ4n) is 0.650. The molecule has 0 saturated heterocycles. The number of aliphatic carboxylic acids is 1. The van der Waals surface area contributed by atoms with Crippen LogP contribution in [0.1, 0.15) is 0 Å². The monoisotopic (exact) mass is 226 g/mol. The lowest BCUT2D eigenvalue weighted by molar-refractivity contribution is -0.139. The summed E-state index contributed by atoms with van der Waals surface area (Å²) in [5.41, 5.74) is 0. The average molecular weight is 226 g/mol. The van der Waals surface area contributed by atoms with Crippen molar-refractivity contribution < 1.29 is 29.8 Å². The van der Waals surface area contributed by atoms with Crippen molar-refractivity contribution in [2.24, 2.45) is 0 Å². The smallest absolute Gasteiger partial charge is 0.435 e. The second-order valence-electron chi connectivity index (χ2n) is 2.60. The van der Waals surface area contributed by atoms with Gasteiger partial charge < -0.3 is 20.4 Å². The fourth-order valence-corrected chi connectivity index (χ4v) is 1.79. The van der Waals surface area contributed by atoms with E-state index in [1.165, 1.54) is 0 Å². The summed E-state index contributed by atoms with van der Waals surface area (Å²) in [6, 6.07) is -1.32. The molecular weight excluding hydrogens is 213 g/mol. The second-order valence-corrected chi connectivity index (χ2v) is 3.98. The van der Waals surface area contributed by atoms with E-state index in [4.69, 9.17) is 20.4 Å². The Hall–Kier alpha value is -0.590. The van der Waals surface area contributed by atoms with Gasteiger partial charge in [0.25, 0.3) is 0 Å². The lowest BCUT2D eigenvalue weighted by Crippen LogP contribution is -2.36. The molecule has 7 nitrogen and oxygen atoms in total. The predicted molar refractivity (Wildman–Crippen MR) is 47.2 cm³/mol. The molecule has 14 heavy (non-hydrogen) atoms. The molecular formula is C6H13NO6P+. The Labute approximate surface area is 81.2 Å². The highest BCUT2D eigenvalue weighted by Crippen LogP contribution is 2.16.